The molecular formula is C14H17N3O2S. The van der Waals surface area contributed by atoms with Crippen LogP contribution in [0.15, 0.2) is 29.4 Å². The highest BCUT2D eigenvalue weighted by molar-refractivity contribution is 7.99. The number of aliphatic carboxylic acids is 1. The van der Waals surface area contributed by atoms with E-state index >= 15 is 0 Å². The fourth-order valence-corrected chi connectivity index (χ4v) is 3.03. The van der Waals surface area contributed by atoms with E-state index in [4.69, 9.17) is 0 Å². The van der Waals surface area contributed by atoms with Gasteiger partial charge < -0.3 is 10.1 Å². The zero-order valence-electron chi connectivity index (χ0n) is 11.2. The number of nitrogens with one attached hydrogen (secondary N) is 2. The smallest absolute Gasteiger partial charge is 0.324 e. The predicted molar refractivity (Wildman–Crippen MR) is 79.0 cm³/mol. The molecule has 2 aromatic rings. The average molecular weight is 291 g/mol. The highest BCUT2D eigenvalue weighted by Crippen LogP contribution is 2.27. The van der Waals surface area contributed by atoms with Crippen molar-refractivity contribution in [1.82, 2.24) is 15.3 Å². The number of rotatable bonds is 6. The molecule has 1 heterocycles. The summed E-state index contributed by atoms with van der Waals surface area (Å²) in [5.41, 5.74) is 0.967. The van der Waals surface area contributed by atoms with Crippen molar-refractivity contribution in [3.05, 3.63) is 24.3 Å². The Morgan fingerprint density at radius 2 is 2.30 bits per heavy atom. The van der Waals surface area contributed by atoms with Crippen LogP contribution in [0.25, 0.3) is 11.0 Å². The molecule has 1 aromatic carbocycles. The van der Waals surface area contributed by atoms with Gasteiger partial charge in [-0.3, -0.25) is 10.1 Å². The highest BCUT2D eigenvalue weighted by atomic mass is 32.2. The molecular weight excluding hydrogens is 274 g/mol. The Labute approximate surface area is 121 Å². The third kappa shape index (κ3) is 2.81. The largest absolute Gasteiger partial charge is 0.480 e. The molecule has 20 heavy (non-hydrogen) atoms. The van der Waals surface area contributed by atoms with Crippen molar-refractivity contribution in [2.45, 2.75) is 36.5 Å². The summed E-state index contributed by atoms with van der Waals surface area (Å²) in [4.78, 5) is 19.1. The van der Waals surface area contributed by atoms with E-state index in [2.05, 4.69) is 15.3 Å². The van der Waals surface area contributed by atoms with Crippen molar-refractivity contribution in [3.8, 4) is 0 Å². The second kappa shape index (κ2) is 5.10. The maximum atomic E-state index is 11.5. The van der Waals surface area contributed by atoms with Crippen LogP contribution < -0.4 is 5.32 Å². The number of benzene rings is 1. The normalized spacial score (nSPS) is 18.1. The van der Waals surface area contributed by atoms with Crippen molar-refractivity contribution in [3.63, 3.8) is 0 Å². The van der Waals surface area contributed by atoms with E-state index in [1.54, 1.807) is 6.92 Å². The topological polar surface area (TPSA) is 78.0 Å². The molecule has 0 amide bonds. The molecule has 1 aliphatic rings. The molecule has 0 spiro atoms. The van der Waals surface area contributed by atoms with Crippen LogP contribution in [0.3, 0.4) is 0 Å². The zero-order chi connectivity index (χ0) is 14.2. The van der Waals surface area contributed by atoms with Gasteiger partial charge in [0.15, 0.2) is 5.16 Å². The number of hydrogen-bond acceptors (Lipinski definition) is 4. The third-order valence-electron chi connectivity index (χ3n) is 3.44. The summed E-state index contributed by atoms with van der Waals surface area (Å²) < 4.78 is 0. The van der Waals surface area contributed by atoms with Crippen LogP contribution in [0.5, 0.6) is 0 Å². The van der Waals surface area contributed by atoms with Crippen molar-refractivity contribution < 1.29 is 9.90 Å². The molecule has 0 bridgehead atoms. The quantitative estimate of drug-likeness (QED) is 0.712. The molecule has 0 aliphatic heterocycles. The van der Waals surface area contributed by atoms with E-state index in [9.17, 15) is 9.90 Å². The molecule has 1 fully saturated rings. The number of carboxylic acids is 1. The number of aromatic amines is 1. The van der Waals surface area contributed by atoms with Gasteiger partial charge >= 0.3 is 5.97 Å². The Hall–Kier alpha value is -1.53. The molecule has 106 valence electrons. The minimum Gasteiger partial charge on any atom is -0.480 e. The molecule has 1 aromatic heterocycles. The number of hydrogen-bond donors (Lipinski definition) is 3. The van der Waals surface area contributed by atoms with Crippen molar-refractivity contribution in [1.29, 1.82) is 0 Å². The summed E-state index contributed by atoms with van der Waals surface area (Å²) in [6.07, 6.45) is 2.14. The predicted octanol–water partition coefficient (Wildman–Crippen LogP) is 2.25. The van der Waals surface area contributed by atoms with Crippen molar-refractivity contribution >= 4 is 28.8 Å². The summed E-state index contributed by atoms with van der Waals surface area (Å²) in [6, 6.07) is 8.14. The lowest BCUT2D eigenvalue weighted by Gasteiger charge is -2.25. The minimum absolute atomic E-state index is 0.354. The summed E-state index contributed by atoms with van der Waals surface area (Å²) in [6.45, 7) is 1.74. The number of H-pyrrole nitrogens is 1. The Morgan fingerprint density at radius 1 is 1.55 bits per heavy atom. The number of carbonyl (C=O) groups is 1. The molecule has 6 heteroatoms. The van der Waals surface area contributed by atoms with E-state index in [0.717, 1.165) is 29.0 Å². The SMILES string of the molecule is CC(CSc1nc2ccccc2[nH]1)(NC1CC1)C(=O)O. The van der Waals surface area contributed by atoms with Gasteiger partial charge in [-0.2, -0.15) is 0 Å². The van der Waals surface area contributed by atoms with Gasteiger partial charge in [0.25, 0.3) is 0 Å². The van der Waals surface area contributed by atoms with Gasteiger partial charge in [-0.25, -0.2) is 4.98 Å². The number of fused-ring (bicyclic) bond motifs is 1. The molecule has 3 N–H and O–H groups in total. The highest BCUT2D eigenvalue weighted by Gasteiger charge is 2.38. The number of carboxylic acid groups (broad SMARTS) is 1. The minimum atomic E-state index is -0.912. The maximum Gasteiger partial charge on any atom is 0.324 e. The molecule has 0 radical (unpaired) electrons. The number of para-hydroxylation sites is 2. The van der Waals surface area contributed by atoms with E-state index in [1.807, 2.05) is 24.3 Å². The second-order valence-corrected chi connectivity index (χ2v) is 6.37. The van der Waals surface area contributed by atoms with Gasteiger partial charge in [0.2, 0.25) is 0 Å². The number of imidazole rings is 1. The molecule has 0 saturated heterocycles. The van der Waals surface area contributed by atoms with Crippen LogP contribution in [0.2, 0.25) is 0 Å². The Morgan fingerprint density at radius 3 is 2.95 bits per heavy atom. The Bertz CT molecular complexity index is 605. The summed E-state index contributed by atoms with van der Waals surface area (Å²) in [7, 11) is 0. The molecule has 1 aliphatic carbocycles. The lowest BCUT2D eigenvalue weighted by atomic mass is 10.1. The van der Waals surface area contributed by atoms with E-state index < -0.39 is 11.5 Å². The lowest BCUT2D eigenvalue weighted by molar-refractivity contribution is -0.143. The standard InChI is InChI=1S/C14H17N3O2S/c1-14(12(18)19,17-9-6-7-9)8-20-13-15-10-4-2-3-5-11(10)16-13/h2-5,9,17H,6-8H2,1H3,(H,15,16)(H,18,19). The maximum absolute atomic E-state index is 11.5. The summed E-state index contributed by atoms with van der Waals surface area (Å²) >= 11 is 1.44. The van der Waals surface area contributed by atoms with Crippen LogP contribution >= 0.6 is 11.8 Å². The number of aromatic nitrogens is 2. The van der Waals surface area contributed by atoms with Crippen LogP contribution in [0.4, 0.5) is 0 Å². The lowest BCUT2D eigenvalue weighted by Crippen LogP contribution is -2.52. The number of nitrogens with zero attached hydrogens (tertiary/aromatic N) is 1. The average Bonchev–Trinajstić information content (AvgIpc) is 3.12. The molecule has 1 atom stereocenters. The second-order valence-electron chi connectivity index (χ2n) is 5.40. The van der Waals surface area contributed by atoms with E-state index in [-0.39, 0.29) is 0 Å². The van der Waals surface area contributed by atoms with E-state index in [0.29, 0.717) is 11.8 Å². The van der Waals surface area contributed by atoms with Crippen LogP contribution in [0, 0.1) is 0 Å². The van der Waals surface area contributed by atoms with Crippen LogP contribution in [-0.2, 0) is 4.79 Å². The first kappa shape index (κ1) is 13.5. The van der Waals surface area contributed by atoms with Crippen LogP contribution in [0.1, 0.15) is 19.8 Å². The first-order valence-electron chi connectivity index (χ1n) is 6.65. The Kier molecular flexibility index (Phi) is 3.43. The molecule has 3 rings (SSSR count). The Balaban J connectivity index is 1.71. The molecule has 1 unspecified atom stereocenters. The summed E-state index contributed by atoms with van der Waals surface area (Å²) in [5, 5.41) is 13.4. The number of thioether (sulfide) groups is 1. The fourth-order valence-electron chi connectivity index (χ4n) is 2.05. The van der Waals surface area contributed by atoms with Gasteiger partial charge in [-0.1, -0.05) is 23.9 Å². The van der Waals surface area contributed by atoms with Crippen molar-refractivity contribution in [2.24, 2.45) is 0 Å². The third-order valence-corrected chi connectivity index (χ3v) is 4.63. The van der Waals surface area contributed by atoms with Gasteiger partial charge in [0.05, 0.1) is 11.0 Å². The van der Waals surface area contributed by atoms with Crippen LogP contribution in [-0.4, -0.2) is 38.4 Å². The van der Waals surface area contributed by atoms with E-state index in [1.165, 1.54) is 11.8 Å². The van der Waals surface area contributed by atoms with Gasteiger partial charge in [-0.05, 0) is 31.9 Å². The zero-order valence-corrected chi connectivity index (χ0v) is 12.0. The van der Waals surface area contributed by atoms with Gasteiger partial charge in [0, 0.05) is 11.8 Å². The summed E-state index contributed by atoms with van der Waals surface area (Å²) in [5.74, 6) is -0.369. The first-order valence-corrected chi connectivity index (χ1v) is 7.64. The molecule has 5 nitrogen and oxygen atoms in total. The van der Waals surface area contributed by atoms with Crippen molar-refractivity contribution in [2.75, 3.05) is 5.75 Å². The first-order chi connectivity index (χ1) is 9.57. The van der Waals surface area contributed by atoms with Gasteiger partial charge in [0.1, 0.15) is 5.54 Å². The fraction of sp³-hybridized carbons (Fsp3) is 0.429. The monoisotopic (exact) mass is 291 g/mol. The molecule has 1 saturated carbocycles. The van der Waals surface area contributed by atoms with Gasteiger partial charge in [-0.15, -0.1) is 0 Å².